The van der Waals surface area contributed by atoms with Crippen LogP contribution in [0.2, 0.25) is 5.02 Å². The number of carboxylic acid groups (broad SMARTS) is 1. The second-order valence-electron chi connectivity index (χ2n) is 7.57. The van der Waals surface area contributed by atoms with Crippen LogP contribution >= 0.6 is 11.6 Å². The first kappa shape index (κ1) is 23.8. The zero-order valence-electron chi connectivity index (χ0n) is 18.0. The number of halogens is 1. The van der Waals surface area contributed by atoms with Gasteiger partial charge in [-0.1, -0.05) is 23.7 Å². The van der Waals surface area contributed by atoms with Crippen molar-refractivity contribution in [1.82, 2.24) is 19.7 Å². The molecule has 0 bridgehead atoms. The van der Waals surface area contributed by atoms with Crippen molar-refractivity contribution in [2.45, 2.75) is 31.8 Å². The molecule has 1 N–H and O–H groups in total. The number of benzene rings is 1. The standard InChI is InChI=1S/C22H25ClN4O2.CH2O2/c1-29-13-12-26-11-3-4-18(26)15-27-22(28)21-19(5-2-10-24-21)20(25-27)14-16-6-8-17(23)9-7-16;2-1-3/h2,5-10,18H,3-4,11-15H2,1H3;1H,(H,2,3)/t18-;/m1./s1. The fourth-order valence-corrected chi connectivity index (χ4v) is 4.16. The summed E-state index contributed by atoms with van der Waals surface area (Å²) in [7, 11) is 1.72. The fourth-order valence-electron chi connectivity index (χ4n) is 4.03. The van der Waals surface area contributed by atoms with Gasteiger partial charge in [0.05, 0.1) is 18.8 Å². The fraction of sp³-hybridized carbons (Fsp3) is 0.391. The smallest absolute Gasteiger partial charge is 0.293 e. The molecule has 3 aromatic rings. The van der Waals surface area contributed by atoms with Gasteiger partial charge in [0.15, 0.2) is 0 Å². The maximum Gasteiger partial charge on any atom is 0.293 e. The Hall–Kier alpha value is -2.81. The molecule has 1 saturated heterocycles. The van der Waals surface area contributed by atoms with E-state index in [1.807, 2.05) is 36.4 Å². The van der Waals surface area contributed by atoms with Crippen LogP contribution in [0.25, 0.3) is 10.9 Å². The molecule has 1 aliphatic heterocycles. The molecule has 3 heterocycles. The Labute approximate surface area is 191 Å². The quantitative estimate of drug-likeness (QED) is 0.543. The zero-order chi connectivity index (χ0) is 22.9. The van der Waals surface area contributed by atoms with Crippen LogP contribution in [-0.2, 0) is 22.5 Å². The van der Waals surface area contributed by atoms with Crippen molar-refractivity contribution in [3.05, 3.63) is 69.2 Å². The Morgan fingerprint density at radius 3 is 2.75 bits per heavy atom. The van der Waals surface area contributed by atoms with Crippen molar-refractivity contribution < 1.29 is 14.6 Å². The minimum absolute atomic E-state index is 0.126. The lowest BCUT2D eigenvalue weighted by molar-refractivity contribution is -0.122. The van der Waals surface area contributed by atoms with E-state index in [4.69, 9.17) is 31.3 Å². The molecule has 32 heavy (non-hydrogen) atoms. The highest BCUT2D eigenvalue weighted by molar-refractivity contribution is 6.30. The number of methoxy groups -OCH3 is 1. The molecule has 0 saturated carbocycles. The summed E-state index contributed by atoms with van der Waals surface area (Å²) in [6.07, 6.45) is 4.48. The first-order valence-corrected chi connectivity index (χ1v) is 10.8. The summed E-state index contributed by atoms with van der Waals surface area (Å²) in [5.74, 6) is 0. The van der Waals surface area contributed by atoms with Crippen molar-refractivity contribution in [2.75, 3.05) is 26.8 Å². The Bertz CT molecular complexity index is 1090. The van der Waals surface area contributed by atoms with Crippen LogP contribution in [0, 0.1) is 0 Å². The third-order valence-electron chi connectivity index (χ3n) is 5.55. The van der Waals surface area contributed by atoms with Gasteiger partial charge in [-0.25, -0.2) is 4.68 Å². The molecule has 8 nitrogen and oxygen atoms in total. The number of pyridine rings is 1. The summed E-state index contributed by atoms with van der Waals surface area (Å²) in [6.45, 7) is 2.92. The average molecular weight is 459 g/mol. The van der Waals surface area contributed by atoms with E-state index in [-0.39, 0.29) is 12.0 Å². The molecule has 1 aromatic carbocycles. The summed E-state index contributed by atoms with van der Waals surface area (Å²) in [6, 6.07) is 11.8. The van der Waals surface area contributed by atoms with E-state index in [9.17, 15) is 4.79 Å². The molecular weight excluding hydrogens is 432 g/mol. The Morgan fingerprint density at radius 1 is 1.28 bits per heavy atom. The van der Waals surface area contributed by atoms with E-state index >= 15 is 0 Å². The topological polar surface area (TPSA) is 97.5 Å². The Morgan fingerprint density at radius 2 is 2.03 bits per heavy atom. The number of fused-ring (bicyclic) bond motifs is 1. The highest BCUT2D eigenvalue weighted by Crippen LogP contribution is 2.20. The summed E-state index contributed by atoms with van der Waals surface area (Å²) < 4.78 is 6.84. The predicted octanol–water partition coefficient (Wildman–Crippen LogP) is 2.85. The lowest BCUT2D eigenvalue weighted by Gasteiger charge is -2.24. The van der Waals surface area contributed by atoms with Crippen molar-refractivity contribution in [3.8, 4) is 0 Å². The number of rotatable bonds is 7. The molecule has 1 fully saturated rings. The van der Waals surface area contributed by atoms with Crippen molar-refractivity contribution in [2.24, 2.45) is 0 Å². The maximum absolute atomic E-state index is 13.1. The molecule has 9 heteroatoms. The second kappa shape index (κ2) is 11.7. The normalized spacial score (nSPS) is 16.0. The SMILES string of the molecule is COCCN1CCC[C@@H]1Cn1nc(Cc2ccc(Cl)cc2)c2cccnc2c1=O.O=CO. The van der Waals surface area contributed by atoms with Crippen LogP contribution in [0.15, 0.2) is 47.4 Å². The van der Waals surface area contributed by atoms with Crippen LogP contribution in [-0.4, -0.2) is 64.1 Å². The third-order valence-corrected chi connectivity index (χ3v) is 5.80. The zero-order valence-corrected chi connectivity index (χ0v) is 18.7. The molecule has 0 amide bonds. The van der Waals surface area contributed by atoms with Crippen LogP contribution in [0.3, 0.4) is 0 Å². The maximum atomic E-state index is 13.1. The summed E-state index contributed by atoms with van der Waals surface area (Å²) in [4.78, 5) is 28.2. The van der Waals surface area contributed by atoms with E-state index in [1.54, 1.807) is 18.0 Å². The van der Waals surface area contributed by atoms with Crippen molar-refractivity contribution in [1.29, 1.82) is 0 Å². The second-order valence-corrected chi connectivity index (χ2v) is 8.00. The van der Waals surface area contributed by atoms with Crippen LogP contribution in [0.4, 0.5) is 0 Å². The van der Waals surface area contributed by atoms with E-state index in [0.29, 0.717) is 36.2 Å². The van der Waals surface area contributed by atoms with Crippen LogP contribution in [0.5, 0.6) is 0 Å². The number of aromatic nitrogens is 3. The molecule has 170 valence electrons. The molecule has 4 rings (SSSR count). The first-order chi connectivity index (χ1) is 15.6. The number of likely N-dealkylation sites (tertiary alicyclic amines) is 1. The molecule has 1 aliphatic rings. The monoisotopic (exact) mass is 458 g/mol. The van der Waals surface area contributed by atoms with Crippen molar-refractivity contribution in [3.63, 3.8) is 0 Å². The average Bonchev–Trinajstić information content (AvgIpc) is 3.24. The predicted molar refractivity (Wildman–Crippen MR) is 123 cm³/mol. The lowest BCUT2D eigenvalue weighted by atomic mass is 10.1. The summed E-state index contributed by atoms with van der Waals surface area (Å²) in [5.41, 5.74) is 2.31. The van der Waals surface area contributed by atoms with Gasteiger partial charge in [0.25, 0.3) is 12.0 Å². The van der Waals surface area contributed by atoms with Gasteiger partial charge in [-0.15, -0.1) is 0 Å². The lowest BCUT2D eigenvalue weighted by Crippen LogP contribution is -2.39. The van der Waals surface area contributed by atoms with E-state index in [1.165, 1.54) is 0 Å². The Kier molecular flexibility index (Phi) is 8.72. The van der Waals surface area contributed by atoms with E-state index in [2.05, 4.69) is 9.88 Å². The first-order valence-electron chi connectivity index (χ1n) is 10.5. The highest BCUT2D eigenvalue weighted by Gasteiger charge is 2.25. The molecular formula is C23H27ClN4O4. The van der Waals surface area contributed by atoms with Gasteiger partial charge in [-0.2, -0.15) is 5.10 Å². The molecule has 1 atom stereocenters. The molecule has 0 spiro atoms. The van der Waals surface area contributed by atoms with Crippen LogP contribution < -0.4 is 5.56 Å². The number of carbonyl (C=O) groups is 1. The molecule has 2 aromatic heterocycles. The number of nitrogens with zero attached hydrogens (tertiary/aromatic N) is 4. The van der Waals surface area contributed by atoms with Gasteiger partial charge >= 0.3 is 0 Å². The van der Waals surface area contributed by atoms with Gasteiger partial charge in [-0.05, 0) is 49.2 Å². The molecule has 0 unspecified atom stereocenters. The van der Waals surface area contributed by atoms with Gasteiger partial charge < -0.3 is 9.84 Å². The molecule has 0 radical (unpaired) electrons. The number of hydrogen-bond donors (Lipinski definition) is 1. The van der Waals surface area contributed by atoms with Gasteiger partial charge in [0.1, 0.15) is 5.52 Å². The van der Waals surface area contributed by atoms with Crippen molar-refractivity contribution >= 4 is 29.0 Å². The van der Waals surface area contributed by atoms with E-state index in [0.717, 1.165) is 42.6 Å². The van der Waals surface area contributed by atoms with Gasteiger partial charge in [-0.3, -0.25) is 19.5 Å². The summed E-state index contributed by atoms with van der Waals surface area (Å²) in [5, 5.41) is 13.2. The van der Waals surface area contributed by atoms with Crippen LogP contribution in [0.1, 0.15) is 24.1 Å². The minimum Gasteiger partial charge on any atom is -0.483 e. The van der Waals surface area contributed by atoms with Gasteiger partial charge in [0, 0.05) is 42.7 Å². The highest BCUT2D eigenvalue weighted by atomic mass is 35.5. The number of ether oxygens (including phenoxy) is 1. The molecule has 0 aliphatic carbocycles. The van der Waals surface area contributed by atoms with Gasteiger partial charge in [0.2, 0.25) is 0 Å². The minimum atomic E-state index is -0.250. The Balaban J connectivity index is 0.000000913. The third kappa shape index (κ3) is 5.91. The van der Waals surface area contributed by atoms with E-state index < -0.39 is 0 Å². The largest absolute Gasteiger partial charge is 0.483 e. The number of hydrogen-bond acceptors (Lipinski definition) is 6. The summed E-state index contributed by atoms with van der Waals surface area (Å²) >= 11 is 6.02.